The summed E-state index contributed by atoms with van der Waals surface area (Å²) in [5, 5.41) is 4.77. The molecule has 0 aliphatic carbocycles. The minimum Gasteiger partial charge on any atom is -0.336 e. The van der Waals surface area contributed by atoms with Crippen LogP contribution < -0.4 is 0 Å². The van der Waals surface area contributed by atoms with Crippen molar-refractivity contribution in [3.63, 3.8) is 0 Å². The molecule has 1 saturated heterocycles. The minimum absolute atomic E-state index is 0.0424. The summed E-state index contributed by atoms with van der Waals surface area (Å²) in [5.74, 6) is 0.253. The molecule has 4 rings (SSSR count). The summed E-state index contributed by atoms with van der Waals surface area (Å²) in [7, 11) is 0. The van der Waals surface area contributed by atoms with Crippen molar-refractivity contribution < 1.29 is 9.32 Å². The summed E-state index contributed by atoms with van der Waals surface area (Å²) in [6.45, 7) is 12.2. The van der Waals surface area contributed by atoms with Gasteiger partial charge < -0.3 is 9.42 Å². The Kier molecular flexibility index (Phi) is 5.37. The number of piperazine rings is 1. The van der Waals surface area contributed by atoms with E-state index in [1.165, 1.54) is 11.1 Å². The summed E-state index contributed by atoms with van der Waals surface area (Å²) in [6.07, 6.45) is 0. The van der Waals surface area contributed by atoms with Gasteiger partial charge in [-0.1, -0.05) is 48.8 Å². The maximum Gasteiger partial charge on any atom is 0.259 e. The van der Waals surface area contributed by atoms with E-state index in [1.54, 1.807) is 0 Å². The van der Waals surface area contributed by atoms with Gasteiger partial charge in [-0.2, -0.15) is 0 Å². The lowest BCUT2D eigenvalue weighted by Crippen LogP contribution is -2.48. The predicted molar refractivity (Wildman–Crippen MR) is 113 cm³/mol. The summed E-state index contributed by atoms with van der Waals surface area (Å²) in [6, 6.07) is 10.5. The minimum atomic E-state index is 0.0424. The van der Waals surface area contributed by atoms with Crippen LogP contribution in [-0.4, -0.2) is 52.0 Å². The molecule has 1 fully saturated rings. The SMILES string of the molecule is Cc1cccc(CN2CCN(C(=O)c3cc(C(C)C)nc4onc(C)c34)CC2)c1. The molecule has 0 unspecified atom stereocenters. The maximum absolute atomic E-state index is 13.4. The van der Waals surface area contributed by atoms with Gasteiger partial charge in [-0.05, 0) is 31.4 Å². The molecule has 1 aliphatic rings. The number of hydrogen-bond acceptors (Lipinski definition) is 5. The van der Waals surface area contributed by atoms with Gasteiger partial charge in [-0.3, -0.25) is 9.69 Å². The summed E-state index contributed by atoms with van der Waals surface area (Å²) >= 11 is 0. The fourth-order valence-electron chi connectivity index (χ4n) is 3.93. The van der Waals surface area contributed by atoms with Crippen LogP contribution in [0.2, 0.25) is 0 Å². The van der Waals surface area contributed by atoms with E-state index in [9.17, 15) is 4.79 Å². The predicted octanol–water partition coefficient (Wildman–Crippen LogP) is 3.92. The molecule has 2 aromatic heterocycles. The molecule has 6 nitrogen and oxygen atoms in total. The highest BCUT2D eigenvalue weighted by atomic mass is 16.5. The van der Waals surface area contributed by atoms with Crippen molar-refractivity contribution in [2.24, 2.45) is 0 Å². The quantitative estimate of drug-likeness (QED) is 0.673. The van der Waals surface area contributed by atoms with Gasteiger partial charge in [0.2, 0.25) is 0 Å². The van der Waals surface area contributed by atoms with E-state index in [0.717, 1.165) is 43.8 Å². The molecule has 0 radical (unpaired) electrons. The van der Waals surface area contributed by atoms with Gasteiger partial charge in [0, 0.05) is 38.4 Å². The number of aryl methyl sites for hydroxylation is 2. The molecule has 6 heteroatoms. The molecule has 3 aromatic rings. The van der Waals surface area contributed by atoms with Crippen molar-refractivity contribution in [3.05, 3.63) is 58.4 Å². The van der Waals surface area contributed by atoms with Crippen LogP contribution in [0.15, 0.2) is 34.9 Å². The lowest BCUT2D eigenvalue weighted by atomic mass is 10.0. The summed E-state index contributed by atoms with van der Waals surface area (Å²) in [5.41, 5.74) is 5.28. The topological polar surface area (TPSA) is 62.5 Å². The third-order valence-electron chi connectivity index (χ3n) is 5.61. The first-order chi connectivity index (χ1) is 13.9. The van der Waals surface area contributed by atoms with Crippen LogP contribution in [0.25, 0.3) is 11.1 Å². The van der Waals surface area contributed by atoms with Gasteiger partial charge in [-0.25, -0.2) is 4.98 Å². The van der Waals surface area contributed by atoms with Crippen molar-refractivity contribution >= 4 is 17.0 Å². The average molecular weight is 393 g/mol. The van der Waals surface area contributed by atoms with Crippen LogP contribution in [-0.2, 0) is 6.54 Å². The van der Waals surface area contributed by atoms with E-state index in [0.29, 0.717) is 17.0 Å². The van der Waals surface area contributed by atoms with Crippen LogP contribution in [0.5, 0.6) is 0 Å². The summed E-state index contributed by atoms with van der Waals surface area (Å²) in [4.78, 5) is 22.3. The molecule has 0 N–H and O–H groups in total. The van der Waals surface area contributed by atoms with Crippen molar-refractivity contribution in [1.29, 1.82) is 0 Å². The summed E-state index contributed by atoms with van der Waals surface area (Å²) < 4.78 is 5.37. The van der Waals surface area contributed by atoms with Crippen LogP contribution in [0, 0.1) is 13.8 Å². The zero-order valence-electron chi connectivity index (χ0n) is 17.6. The van der Waals surface area contributed by atoms with Gasteiger partial charge >= 0.3 is 0 Å². The van der Waals surface area contributed by atoms with Gasteiger partial charge in [0.05, 0.1) is 16.6 Å². The number of amides is 1. The number of fused-ring (bicyclic) bond motifs is 1. The third-order valence-corrected chi connectivity index (χ3v) is 5.61. The first kappa shape index (κ1) is 19.6. The second kappa shape index (κ2) is 7.95. The highest BCUT2D eigenvalue weighted by Crippen LogP contribution is 2.26. The average Bonchev–Trinajstić information content (AvgIpc) is 3.08. The van der Waals surface area contributed by atoms with Crippen molar-refractivity contribution in [1.82, 2.24) is 19.9 Å². The first-order valence-electron chi connectivity index (χ1n) is 10.3. The van der Waals surface area contributed by atoms with Gasteiger partial charge in [-0.15, -0.1) is 0 Å². The van der Waals surface area contributed by atoms with E-state index < -0.39 is 0 Å². The highest BCUT2D eigenvalue weighted by Gasteiger charge is 2.26. The Morgan fingerprint density at radius 2 is 1.90 bits per heavy atom. The number of hydrogen-bond donors (Lipinski definition) is 0. The molecule has 1 aromatic carbocycles. The Balaban J connectivity index is 1.50. The number of benzene rings is 1. The number of rotatable bonds is 4. The highest BCUT2D eigenvalue weighted by molar-refractivity contribution is 6.06. The Morgan fingerprint density at radius 1 is 1.14 bits per heavy atom. The molecule has 0 bridgehead atoms. The van der Waals surface area contributed by atoms with Crippen molar-refractivity contribution in [3.8, 4) is 0 Å². The number of carbonyl (C=O) groups is 1. The standard InChI is InChI=1S/C23H28N4O2/c1-15(2)20-13-19(21-17(4)25-29-22(21)24-20)23(28)27-10-8-26(9-11-27)14-18-7-5-6-16(3)12-18/h5-7,12-13,15H,8-11,14H2,1-4H3. The largest absolute Gasteiger partial charge is 0.336 e. The number of pyridine rings is 1. The number of nitrogens with zero attached hydrogens (tertiary/aromatic N) is 4. The van der Waals surface area contributed by atoms with Crippen molar-refractivity contribution in [2.45, 2.75) is 40.2 Å². The zero-order chi connectivity index (χ0) is 20.5. The normalized spacial score (nSPS) is 15.4. The molecule has 1 aliphatic heterocycles. The van der Waals surface area contributed by atoms with E-state index >= 15 is 0 Å². The number of carbonyl (C=O) groups excluding carboxylic acids is 1. The van der Waals surface area contributed by atoms with E-state index in [2.05, 4.69) is 60.1 Å². The Bertz CT molecular complexity index is 1030. The second-order valence-electron chi connectivity index (χ2n) is 8.25. The Hall–Kier alpha value is -2.73. The van der Waals surface area contributed by atoms with Crippen LogP contribution >= 0.6 is 0 Å². The molecular formula is C23H28N4O2. The van der Waals surface area contributed by atoms with Crippen LogP contribution in [0.3, 0.4) is 0 Å². The third kappa shape index (κ3) is 4.03. The maximum atomic E-state index is 13.4. The molecule has 0 saturated carbocycles. The van der Waals surface area contributed by atoms with Gasteiger partial charge in [0.1, 0.15) is 0 Å². The second-order valence-corrected chi connectivity index (χ2v) is 8.25. The van der Waals surface area contributed by atoms with Crippen LogP contribution in [0.4, 0.5) is 0 Å². The lowest BCUT2D eigenvalue weighted by molar-refractivity contribution is 0.0630. The Labute approximate surface area is 171 Å². The first-order valence-corrected chi connectivity index (χ1v) is 10.3. The number of aromatic nitrogens is 2. The van der Waals surface area contributed by atoms with Crippen LogP contribution in [0.1, 0.15) is 52.6 Å². The monoisotopic (exact) mass is 392 g/mol. The smallest absolute Gasteiger partial charge is 0.259 e. The lowest BCUT2D eigenvalue weighted by Gasteiger charge is -2.35. The molecule has 0 spiro atoms. The fraction of sp³-hybridized carbons (Fsp3) is 0.435. The van der Waals surface area contributed by atoms with Crippen molar-refractivity contribution in [2.75, 3.05) is 26.2 Å². The molecule has 3 heterocycles. The molecule has 29 heavy (non-hydrogen) atoms. The van der Waals surface area contributed by atoms with E-state index in [1.807, 2.05) is 17.9 Å². The molecule has 1 amide bonds. The molecule has 0 atom stereocenters. The zero-order valence-corrected chi connectivity index (χ0v) is 17.6. The Morgan fingerprint density at radius 3 is 2.59 bits per heavy atom. The fourth-order valence-corrected chi connectivity index (χ4v) is 3.93. The van der Waals surface area contributed by atoms with E-state index in [4.69, 9.17) is 4.52 Å². The van der Waals surface area contributed by atoms with E-state index in [-0.39, 0.29) is 11.8 Å². The van der Waals surface area contributed by atoms with Gasteiger partial charge in [0.15, 0.2) is 0 Å². The van der Waals surface area contributed by atoms with Gasteiger partial charge in [0.25, 0.3) is 11.6 Å². The molecule has 152 valence electrons. The molecular weight excluding hydrogens is 364 g/mol.